The summed E-state index contributed by atoms with van der Waals surface area (Å²) in [4.78, 5) is 26.0. The molecule has 3 atom stereocenters. The van der Waals surface area contributed by atoms with Crippen LogP contribution in [-0.4, -0.2) is 60.4 Å². The van der Waals surface area contributed by atoms with Crippen LogP contribution < -0.4 is 20.3 Å². The van der Waals surface area contributed by atoms with E-state index in [2.05, 4.69) is 58.7 Å². The van der Waals surface area contributed by atoms with Crippen LogP contribution in [0.5, 0.6) is 11.5 Å². The molecule has 0 saturated carbocycles. The average molecular weight is 752 g/mol. The van der Waals surface area contributed by atoms with Gasteiger partial charge in [-0.2, -0.15) is 0 Å². The van der Waals surface area contributed by atoms with E-state index in [4.69, 9.17) is 24.2 Å². The second-order valence-electron chi connectivity index (χ2n) is 14.4. The third-order valence-electron chi connectivity index (χ3n) is 10.5. The zero-order valence-corrected chi connectivity index (χ0v) is 31.8. The van der Waals surface area contributed by atoms with E-state index in [0.29, 0.717) is 25.8 Å². The van der Waals surface area contributed by atoms with E-state index >= 15 is 0 Å². The lowest BCUT2D eigenvalue weighted by Gasteiger charge is -2.39. The number of carbonyl (C=O) groups excluding carboxylic acids is 2. The first-order valence-electron chi connectivity index (χ1n) is 19.2. The van der Waals surface area contributed by atoms with Crippen molar-refractivity contribution in [1.82, 2.24) is 15.7 Å². The molecule has 1 fully saturated rings. The second kappa shape index (κ2) is 19.7. The number of ether oxygens (including phenoxy) is 4. The molecular weight excluding hydrogens is 698 g/mol. The maximum absolute atomic E-state index is 12.5. The fourth-order valence-electron chi connectivity index (χ4n) is 7.38. The van der Waals surface area contributed by atoms with Crippen molar-refractivity contribution >= 4 is 11.8 Å². The maximum Gasteiger partial charge on any atom is 0.243 e. The highest BCUT2D eigenvalue weighted by molar-refractivity contribution is 5.76. The minimum atomic E-state index is -0.557. The second-order valence-corrected chi connectivity index (χ2v) is 14.4. The number of nitrogens with zero attached hydrogens (tertiary/aromatic N) is 1. The van der Waals surface area contributed by atoms with Gasteiger partial charge in [0.15, 0.2) is 17.8 Å². The van der Waals surface area contributed by atoms with Crippen LogP contribution in [0.15, 0.2) is 84.9 Å². The minimum Gasteiger partial charge on any atom is -0.493 e. The van der Waals surface area contributed by atoms with Crippen LogP contribution in [0, 0.1) is 0 Å². The van der Waals surface area contributed by atoms with Crippen molar-refractivity contribution in [2.24, 2.45) is 0 Å². The van der Waals surface area contributed by atoms with Gasteiger partial charge in [-0.3, -0.25) is 19.7 Å². The van der Waals surface area contributed by atoms with Crippen molar-refractivity contribution in [3.63, 3.8) is 0 Å². The molecule has 0 bridgehead atoms. The molecule has 55 heavy (non-hydrogen) atoms. The van der Waals surface area contributed by atoms with E-state index in [1.807, 2.05) is 36.4 Å². The Bertz CT molecular complexity index is 1870. The van der Waals surface area contributed by atoms with E-state index in [1.165, 1.54) is 11.1 Å². The number of hydrogen-bond donors (Lipinski definition) is 4. The number of hydroxylamine groups is 1. The van der Waals surface area contributed by atoms with Crippen molar-refractivity contribution in [2.75, 3.05) is 27.3 Å². The van der Waals surface area contributed by atoms with Crippen LogP contribution >= 0.6 is 0 Å². The number of fused-ring (bicyclic) bond motifs is 1. The summed E-state index contributed by atoms with van der Waals surface area (Å²) in [5, 5.41) is 21.2. The van der Waals surface area contributed by atoms with Gasteiger partial charge in [-0.25, -0.2) is 5.48 Å². The van der Waals surface area contributed by atoms with Gasteiger partial charge >= 0.3 is 0 Å². The highest BCUT2D eigenvalue weighted by Gasteiger charge is 2.34. The Morgan fingerprint density at radius 1 is 0.782 bits per heavy atom. The zero-order valence-electron chi connectivity index (χ0n) is 31.8. The molecule has 11 nitrogen and oxygen atoms in total. The molecule has 2 aliphatic heterocycles. The molecule has 2 amide bonds. The summed E-state index contributed by atoms with van der Waals surface area (Å²) >= 11 is 0. The fraction of sp³-hybridized carbons (Fsp3) is 0.409. The van der Waals surface area contributed by atoms with Crippen molar-refractivity contribution in [2.45, 2.75) is 89.6 Å². The smallest absolute Gasteiger partial charge is 0.243 e. The third kappa shape index (κ3) is 10.9. The first-order valence-corrected chi connectivity index (χ1v) is 19.2. The van der Waals surface area contributed by atoms with E-state index in [1.54, 1.807) is 19.7 Å². The predicted octanol–water partition coefficient (Wildman–Crippen LogP) is 6.93. The molecule has 292 valence electrons. The average Bonchev–Trinajstić information content (AvgIpc) is 3.23. The van der Waals surface area contributed by atoms with Crippen molar-refractivity contribution < 1.29 is 38.9 Å². The van der Waals surface area contributed by atoms with Crippen LogP contribution in [0.3, 0.4) is 0 Å². The van der Waals surface area contributed by atoms with Gasteiger partial charge < -0.3 is 29.4 Å². The van der Waals surface area contributed by atoms with E-state index in [9.17, 15) is 14.7 Å². The standard InChI is InChI=1S/C44H53N3O8/c1-52-40-23-36-20-21-47(27-37(36)24-41(40)53-2)28-38-25-39(33-14-12-30(29-48)13-15-33)55-44(54-38)34-18-16-32(17-19-34)35-9-7-8-31(22-35)26-45-42(49)10-5-3-4-6-11-43(50)46-51/h7-9,12-19,22-24,38-39,44,48,51H,3-6,10-11,20-21,25-29H2,1-2H3,(H,45,49)(H,46,50)/t38-,39+,44+/m0/s1. The summed E-state index contributed by atoms with van der Waals surface area (Å²) in [6.07, 6.45) is 4.67. The maximum atomic E-state index is 12.5. The first-order chi connectivity index (χ1) is 26.8. The summed E-state index contributed by atoms with van der Waals surface area (Å²) in [6, 6.07) is 28.6. The molecule has 4 aromatic carbocycles. The number of carbonyl (C=O) groups is 2. The SMILES string of the molecule is COc1cc2c(cc1OC)CN(C[C@@H]1C[C@H](c3ccc(CO)cc3)O[C@H](c3ccc(-c4cccc(CNC(=O)CCCCCCC(=O)NO)c4)cc3)O1)CC2. The van der Waals surface area contributed by atoms with E-state index in [0.717, 1.165) is 90.2 Å². The monoisotopic (exact) mass is 751 g/mol. The fourth-order valence-corrected chi connectivity index (χ4v) is 7.38. The van der Waals surface area contributed by atoms with Gasteiger partial charge in [-0.05, 0) is 76.4 Å². The Kier molecular flexibility index (Phi) is 14.3. The Hall–Kier alpha value is -4.78. The molecule has 0 aliphatic carbocycles. The van der Waals surface area contributed by atoms with Gasteiger partial charge in [0.05, 0.1) is 33.0 Å². The largest absolute Gasteiger partial charge is 0.493 e. The molecule has 0 unspecified atom stereocenters. The topological polar surface area (TPSA) is 139 Å². The van der Waals surface area contributed by atoms with Crippen molar-refractivity contribution in [3.8, 4) is 22.6 Å². The number of aliphatic hydroxyl groups is 1. The lowest BCUT2D eigenvalue weighted by Crippen LogP contribution is -2.41. The van der Waals surface area contributed by atoms with Gasteiger partial charge in [0.1, 0.15) is 0 Å². The summed E-state index contributed by atoms with van der Waals surface area (Å²) in [6.45, 7) is 2.90. The Morgan fingerprint density at radius 3 is 2.16 bits per heavy atom. The highest BCUT2D eigenvalue weighted by atomic mass is 16.7. The summed E-state index contributed by atoms with van der Waals surface area (Å²) in [7, 11) is 3.34. The number of nitrogens with one attached hydrogen (secondary N) is 2. The van der Waals surface area contributed by atoms with Gasteiger partial charge in [-0.15, -0.1) is 0 Å². The van der Waals surface area contributed by atoms with Crippen molar-refractivity contribution in [1.29, 1.82) is 0 Å². The van der Waals surface area contributed by atoms with Crippen LogP contribution in [0.1, 0.15) is 90.7 Å². The molecular formula is C44H53N3O8. The lowest BCUT2D eigenvalue weighted by atomic mass is 9.96. The van der Waals surface area contributed by atoms with Crippen molar-refractivity contribution in [3.05, 3.63) is 118 Å². The van der Waals surface area contributed by atoms with Crippen LogP contribution in [-0.2, 0) is 45.2 Å². The molecule has 4 N–H and O–H groups in total. The number of methoxy groups -OCH3 is 2. The minimum absolute atomic E-state index is 0.00212. The summed E-state index contributed by atoms with van der Waals surface area (Å²) < 4.78 is 24.5. The Morgan fingerprint density at radius 2 is 1.47 bits per heavy atom. The molecule has 0 radical (unpaired) electrons. The van der Waals surface area contributed by atoms with Crippen LogP contribution in [0.25, 0.3) is 11.1 Å². The molecule has 2 heterocycles. The molecule has 11 heteroatoms. The molecule has 0 aromatic heterocycles. The van der Waals surface area contributed by atoms with Crippen LogP contribution in [0.4, 0.5) is 0 Å². The van der Waals surface area contributed by atoms with Crippen LogP contribution in [0.2, 0.25) is 0 Å². The summed E-state index contributed by atoms with van der Waals surface area (Å²) in [5.41, 5.74) is 10.1. The Balaban J connectivity index is 1.08. The summed E-state index contributed by atoms with van der Waals surface area (Å²) in [5.74, 6) is 1.12. The number of hydrogen-bond acceptors (Lipinski definition) is 9. The van der Waals surface area contributed by atoms with Gasteiger partial charge in [0, 0.05) is 51.0 Å². The molecule has 4 aromatic rings. The molecule has 1 saturated heterocycles. The number of amides is 2. The third-order valence-corrected chi connectivity index (χ3v) is 10.5. The number of unbranched alkanes of at least 4 members (excludes halogenated alkanes) is 3. The Labute approximate surface area is 323 Å². The van der Waals surface area contributed by atoms with Gasteiger partial charge in [0.25, 0.3) is 0 Å². The van der Waals surface area contributed by atoms with E-state index in [-0.39, 0.29) is 37.0 Å². The van der Waals surface area contributed by atoms with Gasteiger partial charge in [0.2, 0.25) is 11.8 Å². The lowest BCUT2D eigenvalue weighted by molar-refractivity contribution is -0.253. The van der Waals surface area contributed by atoms with Gasteiger partial charge in [-0.1, -0.05) is 79.6 Å². The highest BCUT2D eigenvalue weighted by Crippen LogP contribution is 2.40. The number of benzene rings is 4. The first kappa shape index (κ1) is 39.9. The predicted molar refractivity (Wildman–Crippen MR) is 208 cm³/mol. The number of rotatable bonds is 17. The zero-order chi connectivity index (χ0) is 38.6. The number of aliphatic hydroxyl groups excluding tert-OH is 1. The van der Waals surface area contributed by atoms with E-state index < -0.39 is 6.29 Å². The molecule has 6 rings (SSSR count). The molecule has 0 spiro atoms. The molecule has 2 aliphatic rings. The quantitative estimate of drug-likeness (QED) is 0.0514. The normalized spacial score (nSPS) is 18.3.